The molecule has 0 aliphatic carbocycles. The zero-order valence-corrected chi connectivity index (χ0v) is 44.2. The molecule has 6 N–H and O–H groups in total. The minimum atomic E-state index is -1.56. The Balaban J connectivity index is 2.10. The molecule has 0 aromatic rings. The van der Waals surface area contributed by atoms with Gasteiger partial charge in [0.2, 0.25) is 5.91 Å². The van der Waals surface area contributed by atoms with Crippen molar-refractivity contribution >= 4 is 5.91 Å². The summed E-state index contributed by atoms with van der Waals surface area (Å²) < 4.78 is 11.3. The Labute approximate surface area is 414 Å². The number of aliphatic hydroxyl groups is 5. The van der Waals surface area contributed by atoms with E-state index in [-0.39, 0.29) is 12.5 Å². The molecule has 2 unspecified atom stereocenters. The number of unbranched alkanes of at least 4 members (excludes halogenated alkanes) is 41. The second kappa shape index (κ2) is 48.6. The van der Waals surface area contributed by atoms with E-state index in [1.807, 2.05) is 6.08 Å². The number of ether oxygens (including phenoxy) is 2. The highest BCUT2D eigenvalue weighted by Crippen LogP contribution is 2.23. The van der Waals surface area contributed by atoms with Crippen LogP contribution >= 0.6 is 0 Å². The zero-order valence-electron chi connectivity index (χ0n) is 44.2. The molecule has 1 rings (SSSR count). The average Bonchev–Trinajstić information content (AvgIpc) is 3.33. The molecule has 7 atom stereocenters. The maximum atomic E-state index is 13.0. The molecule has 1 fully saturated rings. The standard InChI is InChI=1S/C58H113NO8/c1-3-5-7-9-11-13-15-17-18-19-20-21-22-23-24-25-26-27-28-29-30-31-32-33-34-36-38-40-42-44-46-48-54(62)59-51(50-66-58-57(65)56(64)55(63)53(49-60)67-58)52(61)47-45-43-41-39-37-35-16-14-12-10-8-6-4-2/h45,47,51-53,55-58,60-61,63-65H,3-44,46,48-50H2,1-2H3,(H,59,62)/b47-45+/t51-,52+,53+,55+,56?,57?,58+/m0/s1. The first kappa shape index (κ1) is 63.9. The van der Waals surface area contributed by atoms with Crippen molar-refractivity contribution in [3.63, 3.8) is 0 Å². The molecule has 1 saturated heterocycles. The van der Waals surface area contributed by atoms with Crippen LogP contribution in [0.25, 0.3) is 0 Å². The molecular weight excluding hydrogens is 839 g/mol. The second-order valence-electron chi connectivity index (χ2n) is 20.8. The summed E-state index contributed by atoms with van der Waals surface area (Å²) in [6, 6.07) is -0.799. The van der Waals surface area contributed by atoms with Crippen LogP contribution in [0, 0.1) is 0 Å². The molecule has 1 aliphatic heterocycles. The van der Waals surface area contributed by atoms with E-state index in [1.54, 1.807) is 6.08 Å². The van der Waals surface area contributed by atoms with Crippen molar-refractivity contribution in [2.75, 3.05) is 13.2 Å². The van der Waals surface area contributed by atoms with Crippen molar-refractivity contribution in [3.8, 4) is 0 Å². The predicted molar refractivity (Wildman–Crippen MR) is 281 cm³/mol. The fourth-order valence-electron chi connectivity index (χ4n) is 9.69. The summed E-state index contributed by atoms with van der Waals surface area (Å²) in [5, 5.41) is 54.4. The molecule has 9 nitrogen and oxygen atoms in total. The SMILES string of the molecule is CCCCCCCCCCCCC/C=C/[C@@H](O)[C@H](CO[C@@H]1O[C@H](CO)[C@@H](O)C(O)C1O)NC(=O)CCCCCCCCCCCCCCCCCCCCCCCCCCCCCCCCC. The Morgan fingerprint density at radius 1 is 0.493 bits per heavy atom. The fourth-order valence-corrected chi connectivity index (χ4v) is 9.69. The smallest absolute Gasteiger partial charge is 0.220 e. The first-order valence-corrected chi connectivity index (χ1v) is 29.4. The van der Waals surface area contributed by atoms with Crippen LogP contribution < -0.4 is 5.32 Å². The largest absolute Gasteiger partial charge is 0.394 e. The Morgan fingerprint density at radius 2 is 0.821 bits per heavy atom. The first-order chi connectivity index (χ1) is 32.8. The van der Waals surface area contributed by atoms with Gasteiger partial charge in [-0.15, -0.1) is 0 Å². The summed E-state index contributed by atoms with van der Waals surface area (Å²) >= 11 is 0. The number of carbonyl (C=O) groups is 1. The van der Waals surface area contributed by atoms with Gasteiger partial charge in [0.15, 0.2) is 6.29 Å². The van der Waals surface area contributed by atoms with Gasteiger partial charge in [0.05, 0.1) is 25.4 Å². The maximum absolute atomic E-state index is 13.0. The number of aliphatic hydroxyl groups excluding tert-OH is 5. The minimum Gasteiger partial charge on any atom is -0.394 e. The molecule has 1 amide bonds. The van der Waals surface area contributed by atoms with E-state index in [9.17, 15) is 30.3 Å². The van der Waals surface area contributed by atoms with Crippen molar-refractivity contribution in [1.29, 1.82) is 0 Å². The number of nitrogens with one attached hydrogen (secondary N) is 1. The van der Waals surface area contributed by atoms with Crippen LogP contribution in [-0.2, 0) is 14.3 Å². The van der Waals surface area contributed by atoms with E-state index in [0.717, 1.165) is 38.5 Å². The third-order valence-corrected chi connectivity index (χ3v) is 14.4. The van der Waals surface area contributed by atoms with Crippen molar-refractivity contribution in [2.45, 2.75) is 339 Å². The van der Waals surface area contributed by atoms with E-state index < -0.39 is 49.5 Å². The van der Waals surface area contributed by atoms with E-state index in [0.29, 0.717) is 6.42 Å². The monoisotopic (exact) mass is 952 g/mol. The van der Waals surface area contributed by atoms with Crippen molar-refractivity contribution < 1.29 is 39.8 Å². The molecule has 1 heterocycles. The fraction of sp³-hybridized carbons (Fsp3) is 0.948. The lowest BCUT2D eigenvalue weighted by molar-refractivity contribution is -0.302. The van der Waals surface area contributed by atoms with Crippen LogP contribution in [0.15, 0.2) is 12.2 Å². The van der Waals surface area contributed by atoms with Gasteiger partial charge in [0.1, 0.15) is 24.4 Å². The highest BCUT2D eigenvalue weighted by Gasteiger charge is 2.44. The van der Waals surface area contributed by atoms with E-state index in [2.05, 4.69) is 19.2 Å². The van der Waals surface area contributed by atoms with Gasteiger partial charge in [-0.1, -0.05) is 283 Å². The number of carbonyl (C=O) groups excluding carboxylic acids is 1. The molecule has 0 spiro atoms. The molecule has 1 aliphatic rings. The third kappa shape index (κ3) is 38.3. The van der Waals surface area contributed by atoms with Crippen LogP contribution in [0.3, 0.4) is 0 Å². The van der Waals surface area contributed by atoms with Gasteiger partial charge in [-0.3, -0.25) is 4.79 Å². The lowest BCUT2D eigenvalue weighted by Gasteiger charge is -2.40. The Hall–Kier alpha value is -1.07. The normalized spacial score (nSPS) is 19.7. The molecule has 0 radical (unpaired) electrons. The molecule has 0 saturated carbocycles. The van der Waals surface area contributed by atoms with Gasteiger partial charge in [-0.05, 0) is 19.3 Å². The summed E-state index contributed by atoms with van der Waals surface area (Å²) in [4.78, 5) is 13.0. The number of hydrogen-bond donors (Lipinski definition) is 6. The highest BCUT2D eigenvalue weighted by atomic mass is 16.7. The highest BCUT2D eigenvalue weighted by molar-refractivity contribution is 5.76. The third-order valence-electron chi connectivity index (χ3n) is 14.4. The van der Waals surface area contributed by atoms with E-state index in [4.69, 9.17) is 9.47 Å². The summed E-state index contributed by atoms with van der Waals surface area (Å²) in [5.41, 5.74) is 0. The van der Waals surface area contributed by atoms with Crippen LogP contribution in [0.4, 0.5) is 0 Å². The molecule has 398 valence electrons. The number of amides is 1. The molecule has 67 heavy (non-hydrogen) atoms. The van der Waals surface area contributed by atoms with Crippen LogP contribution in [0.5, 0.6) is 0 Å². The first-order valence-electron chi connectivity index (χ1n) is 29.4. The lowest BCUT2D eigenvalue weighted by Crippen LogP contribution is -2.60. The molecule has 0 aromatic carbocycles. The second-order valence-corrected chi connectivity index (χ2v) is 20.8. The molecule has 9 heteroatoms. The number of allylic oxidation sites excluding steroid dienone is 1. The molecular formula is C58H113NO8. The summed E-state index contributed by atoms with van der Waals surface area (Å²) in [7, 11) is 0. The quantitative estimate of drug-likeness (QED) is 0.0261. The van der Waals surface area contributed by atoms with Crippen molar-refractivity contribution in [1.82, 2.24) is 5.32 Å². The summed E-state index contributed by atoms with van der Waals surface area (Å²) in [6.07, 6.45) is 53.0. The minimum absolute atomic E-state index is 0.171. The summed E-state index contributed by atoms with van der Waals surface area (Å²) in [6.45, 7) is 3.81. The molecule has 0 aromatic heterocycles. The molecule has 0 bridgehead atoms. The van der Waals surface area contributed by atoms with Gasteiger partial charge in [-0.25, -0.2) is 0 Å². The van der Waals surface area contributed by atoms with Crippen LogP contribution in [-0.4, -0.2) is 87.5 Å². The Bertz CT molecular complexity index is 1060. The lowest BCUT2D eigenvalue weighted by atomic mass is 9.99. The van der Waals surface area contributed by atoms with Gasteiger partial charge in [-0.2, -0.15) is 0 Å². The zero-order chi connectivity index (χ0) is 48.7. The summed E-state index contributed by atoms with van der Waals surface area (Å²) in [5.74, 6) is -0.171. The Kier molecular flexibility index (Phi) is 46.3. The van der Waals surface area contributed by atoms with E-state index in [1.165, 1.54) is 238 Å². The van der Waals surface area contributed by atoms with Gasteiger partial charge >= 0.3 is 0 Å². The van der Waals surface area contributed by atoms with Gasteiger partial charge in [0, 0.05) is 6.42 Å². The topological polar surface area (TPSA) is 149 Å². The van der Waals surface area contributed by atoms with E-state index >= 15 is 0 Å². The average molecular weight is 953 g/mol. The predicted octanol–water partition coefficient (Wildman–Crippen LogP) is 14.4. The maximum Gasteiger partial charge on any atom is 0.220 e. The van der Waals surface area contributed by atoms with Gasteiger partial charge < -0.3 is 40.3 Å². The van der Waals surface area contributed by atoms with Crippen LogP contribution in [0.1, 0.15) is 296 Å². The number of rotatable bonds is 51. The van der Waals surface area contributed by atoms with Crippen molar-refractivity contribution in [3.05, 3.63) is 12.2 Å². The van der Waals surface area contributed by atoms with Crippen LogP contribution in [0.2, 0.25) is 0 Å². The Morgan fingerprint density at radius 3 is 1.16 bits per heavy atom. The number of hydrogen-bond acceptors (Lipinski definition) is 8. The van der Waals surface area contributed by atoms with Crippen molar-refractivity contribution in [2.24, 2.45) is 0 Å². The van der Waals surface area contributed by atoms with Gasteiger partial charge in [0.25, 0.3) is 0 Å².